The van der Waals surface area contributed by atoms with Crippen LogP contribution in [0.15, 0.2) is 18.2 Å². The van der Waals surface area contributed by atoms with Gasteiger partial charge in [0.1, 0.15) is 7.85 Å². The number of aromatic nitrogens is 1. The maximum absolute atomic E-state index is 5.37. The fraction of sp³-hybridized carbons (Fsp3) is 0.167. The lowest BCUT2D eigenvalue weighted by Crippen LogP contribution is -2.11. The molecule has 2 N–H and O–H groups in total. The first-order valence-corrected chi connectivity index (χ1v) is 2.74. The van der Waals surface area contributed by atoms with E-state index < -0.39 is 0 Å². The number of hydrogen-bond donors (Lipinski definition) is 1. The Hall–Kier alpha value is -0.825. The van der Waals surface area contributed by atoms with Crippen LogP contribution in [-0.2, 0) is 6.54 Å². The van der Waals surface area contributed by atoms with E-state index in [-0.39, 0.29) is 0 Å². The smallest absolute Gasteiger partial charge is 0.141 e. The molecule has 1 aromatic heterocycles. The second-order valence-corrected chi connectivity index (χ2v) is 1.76. The summed E-state index contributed by atoms with van der Waals surface area (Å²) in [4.78, 5) is 3.94. The highest BCUT2D eigenvalue weighted by Gasteiger charge is 1.87. The van der Waals surface area contributed by atoms with E-state index >= 15 is 0 Å². The predicted molar refractivity (Wildman–Crippen MR) is 37.5 cm³/mol. The Kier molecular flexibility index (Phi) is 1.85. The summed E-state index contributed by atoms with van der Waals surface area (Å²) >= 11 is 0. The van der Waals surface area contributed by atoms with Crippen LogP contribution in [0.3, 0.4) is 0 Å². The van der Waals surface area contributed by atoms with Gasteiger partial charge in [-0.05, 0) is 11.7 Å². The fourth-order valence-electron chi connectivity index (χ4n) is 0.612. The van der Waals surface area contributed by atoms with E-state index in [1.165, 1.54) is 0 Å². The summed E-state index contributed by atoms with van der Waals surface area (Å²) in [6.45, 7) is 0.449. The van der Waals surface area contributed by atoms with E-state index in [4.69, 9.17) is 13.6 Å². The van der Waals surface area contributed by atoms with E-state index in [0.717, 1.165) is 5.69 Å². The summed E-state index contributed by atoms with van der Waals surface area (Å²) < 4.78 is 0. The molecule has 0 atom stereocenters. The van der Waals surface area contributed by atoms with Crippen LogP contribution in [0.1, 0.15) is 5.69 Å². The molecule has 1 heterocycles. The Morgan fingerprint density at radius 2 is 2.33 bits per heavy atom. The standard InChI is InChI=1S/C6H7BN2/c7-6-3-1-2-5(4-8)9-6/h1-3H,4,8H2. The molecule has 0 amide bonds. The van der Waals surface area contributed by atoms with Crippen LogP contribution in [0.5, 0.6) is 0 Å². The van der Waals surface area contributed by atoms with Crippen molar-refractivity contribution in [2.24, 2.45) is 5.73 Å². The monoisotopic (exact) mass is 118 g/mol. The van der Waals surface area contributed by atoms with Crippen molar-refractivity contribution in [3.63, 3.8) is 0 Å². The molecule has 2 radical (unpaired) electrons. The Bertz CT molecular complexity index is 200. The van der Waals surface area contributed by atoms with Crippen molar-refractivity contribution < 1.29 is 0 Å². The van der Waals surface area contributed by atoms with Crippen molar-refractivity contribution in [2.75, 3.05) is 0 Å². The minimum atomic E-state index is 0.449. The molecule has 0 saturated heterocycles. The van der Waals surface area contributed by atoms with Crippen LogP contribution in [0, 0.1) is 0 Å². The lowest BCUT2D eigenvalue weighted by Gasteiger charge is -1.95. The molecule has 3 heteroatoms. The van der Waals surface area contributed by atoms with E-state index in [9.17, 15) is 0 Å². The Balaban J connectivity index is 2.94. The van der Waals surface area contributed by atoms with E-state index in [1.54, 1.807) is 6.07 Å². The Morgan fingerprint density at radius 3 is 2.78 bits per heavy atom. The lowest BCUT2D eigenvalue weighted by molar-refractivity contribution is 1.00. The predicted octanol–water partition coefficient (Wildman–Crippen LogP) is -0.666. The molecule has 44 valence electrons. The van der Waals surface area contributed by atoms with Gasteiger partial charge in [-0.2, -0.15) is 0 Å². The molecule has 0 saturated carbocycles. The second-order valence-electron chi connectivity index (χ2n) is 1.76. The van der Waals surface area contributed by atoms with Crippen LogP contribution >= 0.6 is 0 Å². The second kappa shape index (κ2) is 2.64. The zero-order chi connectivity index (χ0) is 6.69. The van der Waals surface area contributed by atoms with Crippen LogP contribution in [0.2, 0.25) is 0 Å². The molecular formula is C6H7BN2. The van der Waals surface area contributed by atoms with Gasteiger partial charge in [-0.25, -0.2) is 0 Å². The van der Waals surface area contributed by atoms with Crippen LogP contribution in [0.4, 0.5) is 0 Å². The van der Waals surface area contributed by atoms with E-state index in [1.807, 2.05) is 12.1 Å². The van der Waals surface area contributed by atoms with Gasteiger partial charge in [0.25, 0.3) is 0 Å². The molecule has 0 unspecified atom stereocenters. The zero-order valence-electron chi connectivity index (χ0n) is 5.04. The average Bonchev–Trinajstić information content (AvgIpc) is 1.88. The molecule has 0 spiro atoms. The van der Waals surface area contributed by atoms with Crippen molar-refractivity contribution in [3.8, 4) is 0 Å². The highest BCUT2D eigenvalue weighted by atomic mass is 14.7. The SMILES string of the molecule is [B]c1cccc(CN)n1. The van der Waals surface area contributed by atoms with Crippen LogP contribution < -0.4 is 11.3 Å². The summed E-state index contributed by atoms with van der Waals surface area (Å²) in [7, 11) is 5.37. The topological polar surface area (TPSA) is 38.9 Å². The molecule has 0 fully saturated rings. The lowest BCUT2D eigenvalue weighted by atomic mass is 10.0. The van der Waals surface area contributed by atoms with E-state index in [2.05, 4.69) is 4.98 Å². The van der Waals surface area contributed by atoms with Crippen LogP contribution in [-0.4, -0.2) is 12.8 Å². The molecule has 0 bridgehead atoms. The number of rotatable bonds is 1. The summed E-state index contributed by atoms with van der Waals surface area (Å²) in [5.74, 6) is 0. The highest BCUT2D eigenvalue weighted by Crippen LogP contribution is 1.86. The van der Waals surface area contributed by atoms with Crippen LogP contribution in [0.25, 0.3) is 0 Å². The average molecular weight is 118 g/mol. The van der Waals surface area contributed by atoms with Gasteiger partial charge in [-0.15, -0.1) is 0 Å². The molecule has 0 aliphatic rings. The third kappa shape index (κ3) is 1.54. The molecule has 1 aromatic rings. The minimum absolute atomic E-state index is 0.449. The van der Waals surface area contributed by atoms with Gasteiger partial charge in [0, 0.05) is 6.54 Å². The van der Waals surface area contributed by atoms with Gasteiger partial charge in [-0.3, -0.25) is 4.98 Å². The first-order valence-electron chi connectivity index (χ1n) is 2.74. The highest BCUT2D eigenvalue weighted by molar-refractivity contribution is 6.30. The third-order valence-corrected chi connectivity index (χ3v) is 1.04. The van der Waals surface area contributed by atoms with Crippen molar-refractivity contribution in [3.05, 3.63) is 23.9 Å². The van der Waals surface area contributed by atoms with Crippen molar-refractivity contribution in [1.29, 1.82) is 0 Å². The summed E-state index contributed by atoms with van der Waals surface area (Å²) in [6.07, 6.45) is 0. The Morgan fingerprint density at radius 1 is 1.56 bits per heavy atom. The third-order valence-electron chi connectivity index (χ3n) is 1.04. The largest absolute Gasteiger partial charge is 0.325 e. The summed E-state index contributed by atoms with van der Waals surface area (Å²) in [6, 6.07) is 5.42. The molecule has 0 aliphatic carbocycles. The van der Waals surface area contributed by atoms with Crippen molar-refractivity contribution in [1.82, 2.24) is 4.98 Å². The number of pyridine rings is 1. The van der Waals surface area contributed by atoms with Crippen molar-refractivity contribution >= 4 is 13.4 Å². The number of nitrogens with zero attached hydrogens (tertiary/aromatic N) is 1. The molecule has 0 aromatic carbocycles. The van der Waals surface area contributed by atoms with Gasteiger partial charge in [0.05, 0.1) is 5.69 Å². The molecule has 2 nitrogen and oxygen atoms in total. The fourth-order valence-corrected chi connectivity index (χ4v) is 0.612. The summed E-state index contributed by atoms with van der Waals surface area (Å²) in [5, 5.41) is 0. The van der Waals surface area contributed by atoms with E-state index in [0.29, 0.717) is 12.1 Å². The maximum atomic E-state index is 5.37. The Labute approximate surface area is 55.5 Å². The number of hydrogen-bond acceptors (Lipinski definition) is 2. The van der Waals surface area contributed by atoms with Gasteiger partial charge in [-0.1, -0.05) is 12.1 Å². The van der Waals surface area contributed by atoms with Gasteiger partial charge in [0.15, 0.2) is 0 Å². The van der Waals surface area contributed by atoms with Gasteiger partial charge >= 0.3 is 0 Å². The molecule has 0 aliphatic heterocycles. The first kappa shape index (κ1) is 6.30. The quantitative estimate of drug-likeness (QED) is 0.497. The maximum Gasteiger partial charge on any atom is 0.141 e. The zero-order valence-corrected chi connectivity index (χ0v) is 5.04. The summed E-state index contributed by atoms with van der Waals surface area (Å²) in [5.41, 5.74) is 6.66. The van der Waals surface area contributed by atoms with Gasteiger partial charge in [0.2, 0.25) is 0 Å². The first-order chi connectivity index (χ1) is 4.33. The molecular weight excluding hydrogens is 111 g/mol. The van der Waals surface area contributed by atoms with Crippen molar-refractivity contribution in [2.45, 2.75) is 6.54 Å². The molecule has 9 heavy (non-hydrogen) atoms. The van der Waals surface area contributed by atoms with Gasteiger partial charge < -0.3 is 5.73 Å². The number of nitrogens with two attached hydrogens (primary N) is 1. The molecule has 1 rings (SSSR count). The minimum Gasteiger partial charge on any atom is -0.325 e. The normalized spacial score (nSPS) is 9.44.